The molecule has 1 heterocycles. The molecule has 2 N–H and O–H groups in total. The van der Waals surface area contributed by atoms with E-state index in [1.807, 2.05) is 54.1 Å². The molecule has 2 aromatic carbocycles. The number of azo groups is 1. The zero-order valence-corrected chi connectivity index (χ0v) is 15.8. The highest BCUT2D eigenvalue weighted by Crippen LogP contribution is 2.28. The van der Waals surface area contributed by atoms with E-state index in [-0.39, 0.29) is 13.2 Å². The molecule has 0 aliphatic heterocycles. The van der Waals surface area contributed by atoms with Crippen molar-refractivity contribution >= 4 is 38.1 Å². The van der Waals surface area contributed by atoms with Gasteiger partial charge in [-0.05, 0) is 65.3 Å². The molecule has 0 fully saturated rings. The third-order valence-electron chi connectivity index (χ3n) is 4.27. The fourth-order valence-electron chi connectivity index (χ4n) is 2.79. The van der Waals surface area contributed by atoms with Crippen LogP contribution in [0.2, 0.25) is 0 Å². The lowest BCUT2D eigenvalue weighted by Gasteiger charge is -2.21. The standard InChI is InChI=1S/C19H23N4O2S/c1-3-23(10-11-24)16-7-5-15(6-8-16)20-21-19-22(2)17-9-4-14(13-25)12-18(17)26-19/h4-9,12,24-25H,3,10-11,13H2,1-2H3/q+1. The van der Waals surface area contributed by atoms with Crippen molar-refractivity contribution in [2.45, 2.75) is 13.5 Å². The van der Waals surface area contributed by atoms with Gasteiger partial charge in [0, 0.05) is 18.8 Å². The number of aliphatic hydroxyl groups is 2. The maximum absolute atomic E-state index is 9.28. The predicted molar refractivity (Wildman–Crippen MR) is 105 cm³/mol. The van der Waals surface area contributed by atoms with Crippen LogP contribution < -0.4 is 9.47 Å². The second kappa shape index (κ2) is 8.35. The van der Waals surface area contributed by atoms with Crippen LogP contribution in [0.15, 0.2) is 52.7 Å². The Hall–Kier alpha value is -2.35. The van der Waals surface area contributed by atoms with Gasteiger partial charge in [-0.2, -0.15) is 0 Å². The highest BCUT2D eigenvalue weighted by molar-refractivity contribution is 7.21. The third kappa shape index (κ3) is 3.90. The quantitative estimate of drug-likeness (QED) is 0.493. The number of aliphatic hydroxyl groups excluding tert-OH is 2. The summed E-state index contributed by atoms with van der Waals surface area (Å²) < 4.78 is 3.07. The molecule has 0 bridgehead atoms. The van der Waals surface area contributed by atoms with E-state index in [1.165, 1.54) is 0 Å². The van der Waals surface area contributed by atoms with Gasteiger partial charge in [0.2, 0.25) is 0 Å². The minimum atomic E-state index is 0.0335. The van der Waals surface area contributed by atoms with E-state index in [4.69, 9.17) is 5.11 Å². The Kier molecular flexibility index (Phi) is 5.92. The molecule has 6 nitrogen and oxygen atoms in total. The average Bonchev–Trinajstić information content (AvgIpc) is 3.00. The molecule has 136 valence electrons. The van der Waals surface area contributed by atoms with Crippen molar-refractivity contribution in [2.24, 2.45) is 17.3 Å². The first kappa shape index (κ1) is 18.4. The number of hydrogen-bond donors (Lipinski definition) is 2. The van der Waals surface area contributed by atoms with Crippen LogP contribution in [0.1, 0.15) is 12.5 Å². The topological polar surface area (TPSA) is 72.3 Å². The largest absolute Gasteiger partial charge is 0.409 e. The van der Waals surface area contributed by atoms with Crippen molar-refractivity contribution in [1.29, 1.82) is 0 Å². The summed E-state index contributed by atoms with van der Waals surface area (Å²) in [5.74, 6) is 0. The molecule has 0 radical (unpaired) electrons. The average molecular weight is 371 g/mol. The molecular weight excluding hydrogens is 348 g/mol. The number of anilines is 1. The van der Waals surface area contributed by atoms with Crippen molar-refractivity contribution in [3.8, 4) is 0 Å². The van der Waals surface area contributed by atoms with Crippen molar-refractivity contribution in [2.75, 3.05) is 24.6 Å². The summed E-state index contributed by atoms with van der Waals surface area (Å²) in [5.41, 5.74) is 3.80. The maximum Gasteiger partial charge on any atom is 0.409 e. The van der Waals surface area contributed by atoms with Crippen LogP contribution in [-0.4, -0.2) is 29.9 Å². The highest BCUT2D eigenvalue weighted by Gasteiger charge is 2.16. The van der Waals surface area contributed by atoms with Crippen molar-refractivity contribution in [3.05, 3.63) is 48.0 Å². The Morgan fingerprint density at radius 2 is 1.85 bits per heavy atom. The summed E-state index contributed by atoms with van der Waals surface area (Å²) in [4.78, 5) is 2.10. The van der Waals surface area contributed by atoms with Gasteiger partial charge in [-0.1, -0.05) is 6.07 Å². The molecule has 0 aliphatic carbocycles. The lowest BCUT2D eigenvalue weighted by molar-refractivity contribution is -0.627. The van der Waals surface area contributed by atoms with E-state index >= 15 is 0 Å². The minimum absolute atomic E-state index is 0.0335. The zero-order chi connectivity index (χ0) is 18.5. The van der Waals surface area contributed by atoms with Gasteiger partial charge in [0.05, 0.1) is 30.1 Å². The Morgan fingerprint density at radius 1 is 1.08 bits per heavy atom. The Balaban J connectivity index is 1.81. The van der Waals surface area contributed by atoms with Crippen molar-refractivity contribution in [1.82, 2.24) is 0 Å². The van der Waals surface area contributed by atoms with Gasteiger partial charge in [-0.25, -0.2) is 4.57 Å². The van der Waals surface area contributed by atoms with Gasteiger partial charge < -0.3 is 15.1 Å². The van der Waals surface area contributed by atoms with Crippen LogP contribution in [0.3, 0.4) is 0 Å². The summed E-state index contributed by atoms with van der Waals surface area (Å²) in [6, 6.07) is 13.7. The molecule has 3 aromatic rings. The molecule has 0 amide bonds. The summed E-state index contributed by atoms with van der Waals surface area (Å²) in [5, 5.41) is 27.9. The Morgan fingerprint density at radius 3 is 2.50 bits per heavy atom. The molecule has 7 heteroatoms. The van der Waals surface area contributed by atoms with E-state index in [9.17, 15) is 5.11 Å². The number of rotatable bonds is 7. The van der Waals surface area contributed by atoms with E-state index in [0.29, 0.717) is 6.54 Å². The summed E-state index contributed by atoms with van der Waals surface area (Å²) in [6.45, 7) is 3.69. The molecule has 0 saturated heterocycles. The van der Waals surface area contributed by atoms with E-state index in [0.717, 1.165) is 38.8 Å². The fourth-order valence-corrected chi connectivity index (χ4v) is 3.83. The smallest absolute Gasteiger partial charge is 0.395 e. The van der Waals surface area contributed by atoms with Crippen LogP contribution in [0, 0.1) is 0 Å². The lowest BCUT2D eigenvalue weighted by atomic mass is 10.2. The molecule has 0 spiro atoms. The monoisotopic (exact) mass is 371 g/mol. The molecule has 0 atom stereocenters. The number of likely N-dealkylation sites (N-methyl/N-ethyl adjacent to an activating group) is 1. The molecule has 0 unspecified atom stereocenters. The van der Waals surface area contributed by atoms with Crippen molar-refractivity contribution in [3.63, 3.8) is 0 Å². The number of fused-ring (bicyclic) bond motifs is 1. The normalized spacial score (nSPS) is 11.5. The zero-order valence-electron chi connectivity index (χ0n) is 15.0. The molecule has 1 aromatic heterocycles. The highest BCUT2D eigenvalue weighted by atomic mass is 32.1. The predicted octanol–water partition coefficient (Wildman–Crippen LogP) is 3.45. The van der Waals surface area contributed by atoms with Gasteiger partial charge in [-0.3, -0.25) is 0 Å². The SMILES string of the molecule is CCN(CCO)c1ccc(N=Nc2sc3cc(CO)ccc3[n+]2C)cc1. The van der Waals surface area contributed by atoms with Crippen LogP contribution in [0.25, 0.3) is 10.2 Å². The van der Waals surface area contributed by atoms with E-state index in [2.05, 4.69) is 22.1 Å². The van der Waals surface area contributed by atoms with Gasteiger partial charge in [0.25, 0.3) is 0 Å². The molecular formula is C19H23N4O2S+. The molecule has 3 rings (SSSR count). The fraction of sp³-hybridized carbons (Fsp3) is 0.316. The Bertz CT molecular complexity index is 906. The maximum atomic E-state index is 9.28. The van der Waals surface area contributed by atoms with Crippen LogP contribution in [0.5, 0.6) is 0 Å². The second-order valence-electron chi connectivity index (χ2n) is 5.92. The third-order valence-corrected chi connectivity index (χ3v) is 5.36. The van der Waals surface area contributed by atoms with Crippen LogP contribution >= 0.6 is 11.3 Å². The van der Waals surface area contributed by atoms with Gasteiger partial charge in [0.1, 0.15) is 11.2 Å². The summed E-state index contributed by atoms with van der Waals surface area (Å²) in [6.07, 6.45) is 0. The number of benzene rings is 2. The van der Waals surface area contributed by atoms with E-state index in [1.54, 1.807) is 11.3 Å². The molecule has 0 aliphatic rings. The minimum Gasteiger partial charge on any atom is -0.395 e. The number of thiazole rings is 1. The first-order valence-corrected chi connectivity index (χ1v) is 9.37. The van der Waals surface area contributed by atoms with Crippen LogP contribution in [-0.2, 0) is 13.7 Å². The summed E-state index contributed by atoms with van der Waals surface area (Å²) in [7, 11) is 1.96. The molecule has 0 saturated carbocycles. The number of aromatic nitrogens is 1. The number of hydrogen-bond acceptors (Lipinski definition) is 6. The molecule has 26 heavy (non-hydrogen) atoms. The Labute approximate surface area is 156 Å². The number of nitrogens with zero attached hydrogens (tertiary/aromatic N) is 4. The lowest BCUT2D eigenvalue weighted by Crippen LogP contribution is -2.25. The van der Waals surface area contributed by atoms with Gasteiger partial charge >= 0.3 is 5.13 Å². The van der Waals surface area contributed by atoms with Crippen molar-refractivity contribution < 1.29 is 14.8 Å². The first-order chi connectivity index (χ1) is 12.7. The van der Waals surface area contributed by atoms with Gasteiger partial charge in [0.15, 0.2) is 0 Å². The van der Waals surface area contributed by atoms with E-state index < -0.39 is 0 Å². The second-order valence-corrected chi connectivity index (χ2v) is 6.93. The number of aryl methyl sites for hydroxylation is 1. The van der Waals surface area contributed by atoms with Gasteiger partial charge in [-0.15, -0.1) is 0 Å². The first-order valence-electron chi connectivity index (χ1n) is 8.56. The summed E-state index contributed by atoms with van der Waals surface area (Å²) >= 11 is 1.55. The van der Waals surface area contributed by atoms with Crippen LogP contribution in [0.4, 0.5) is 16.5 Å².